The van der Waals surface area contributed by atoms with Crippen LogP contribution in [0.2, 0.25) is 0 Å². The van der Waals surface area contributed by atoms with Crippen molar-refractivity contribution in [3.8, 4) is 0 Å². The molecule has 1 atom stereocenters. The van der Waals surface area contributed by atoms with E-state index >= 15 is 0 Å². The fourth-order valence-corrected chi connectivity index (χ4v) is 2.44. The molecule has 24 heavy (non-hydrogen) atoms. The van der Waals surface area contributed by atoms with E-state index < -0.39 is 36.2 Å². The molecule has 0 aliphatic carbocycles. The maximum atomic E-state index is 13.5. The maximum Gasteiger partial charge on any atom is 0.325 e. The summed E-state index contributed by atoms with van der Waals surface area (Å²) in [5, 5.41) is 4.88. The third kappa shape index (κ3) is 3.10. The second kappa shape index (κ2) is 6.49. The summed E-state index contributed by atoms with van der Waals surface area (Å²) in [4.78, 5) is 37.1. The number of hydrogen-bond donors (Lipinski definition) is 2. The lowest BCUT2D eigenvalue weighted by Crippen LogP contribution is -2.38. The smallest absolute Gasteiger partial charge is 0.322 e. The van der Waals surface area contributed by atoms with Crippen LogP contribution >= 0.6 is 0 Å². The number of hydrogen-bond acceptors (Lipinski definition) is 3. The van der Waals surface area contributed by atoms with Gasteiger partial charge in [-0.05, 0) is 17.7 Å². The molecule has 2 N–H and O–H groups in total. The molecule has 2 aromatic carbocycles. The van der Waals surface area contributed by atoms with Crippen LogP contribution in [0.25, 0.3) is 0 Å². The molecule has 0 bridgehead atoms. The van der Waals surface area contributed by atoms with Gasteiger partial charge in [-0.25, -0.2) is 9.18 Å². The van der Waals surface area contributed by atoms with Crippen molar-refractivity contribution < 1.29 is 18.8 Å². The Morgan fingerprint density at radius 3 is 2.46 bits per heavy atom. The number of imide groups is 1. The van der Waals surface area contributed by atoms with E-state index in [2.05, 4.69) is 10.6 Å². The van der Waals surface area contributed by atoms with Crippen molar-refractivity contribution in [3.05, 3.63) is 66.0 Å². The SMILES string of the molecule is O=C(CN1C(=O)NC(c2ccccc2)C1=O)Nc1ccccc1F. The van der Waals surface area contributed by atoms with Gasteiger partial charge in [0.05, 0.1) is 5.69 Å². The first kappa shape index (κ1) is 15.7. The van der Waals surface area contributed by atoms with Gasteiger partial charge in [-0.15, -0.1) is 0 Å². The van der Waals surface area contributed by atoms with E-state index in [1.165, 1.54) is 18.2 Å². The summed E-state index contributed by atoms with van der Waals surface area (Å²) in [6, 6.07) is 12.9. The average Bonchev–Trinajstić information content (AvgIpc) is 2.86. The number of amides is 4. The molecular weight excluding hydrogens is 313 g/mol. The Morgan fingerprint density at radius 1 is 1.08 bits per heavy atom. The van der Waals surface area contributed by atoms with Crippen molar-refractivity contribution in [3.63, 3.8) is 0 Å². The van der Waals surface area contributed by atoms with Gasteiger partial charge in [-0.2, -0.15) is 0 Å². The molecule has 1 heterocycles. The fourth-order valence-electron chi connectivity index (χ4n) is 2.44. The summed E-state index contributed by atoms with van der Waals surface area (Å²) in [7, 11) is 0. The number of carbonyl (C=O) groups is 3. The first-order valence-corrected chi connectivity index (χ1v) is 7.27. The molecule has 1 aliphatic heterocycles. The molecule has 2 aromatic rings. The lowest BCUT2D eigenvalue weighted by Gasteiger charge is -2.13. The minimum absolute atomic E-state index is 0.00540. The number of carbonyl (C=O) groups excluding carboxylic acids is 3. The number of rotatable bonds is 4. The molecule has 7 heteroatoms. The number of anilines is 1. The van der Waals surface area contributed by atoms with Crippen LogP contribution in [0.3, 0.4) is 0 Å². The van der Waals surface area contributed by atoms with Crippen molar-refractivity contribution in [1.29, 1.82) is 0 Å². The third-order valence-corrected chi connectivity index (χ3v) is 3.61. The molecule has 0 radical (unpaired) electrons. The fraction of sp³-hybridized carbons (Fsp3) is 0.118. The molecule has 4 amide bonds. The van der Waals surface area contributed by atoms with Gasteiger partial charge < -0.3 is 10.6 Å². The number of halogens is 1. The van der Waals surface area contributed by atoms with Crippen LogP contribution in [0.15, 0.2) is 54.6 Å². The molecule has 1 fully saturated rings. The van der Waals surface area contributed by atoms with E-state index in [1.807, 2.05) is 0 Å². The highest BCUT2D eigenvalue weighted by atomic mass is 19.1. The second-order valence-electron chi connectivity index (χ2n) is 5.25. The van der Waals surface area contributed by atoms with Crippen LogP contribution < -0.4 is 10.6 Å². The Morgan fingerprint density at radius 2 is 1.75 bits per heavy atom. The predicted octanol–water partition coefficient (Wildman–Crippen LogP) is 2.06. The summed E-state index contributed by atoms with van der Waals surface area (Å²) >= 11 is 0. The van der Waals surface area contributed by atoms with Gasteiger partial charge in [0.15, 0.2) is 0 Å². The van der Waals surface area contributed by atoms with Crippen LogP contribution in [-0.4, -0.2) is 29.3 Å². The van der Waals surface area contributed by atoms with Crippen molar-refractivity contribution >= 4 is 23.5 Å². The normalized spacial score (nSPS) is 16.9. The lowest BCUT2D eigenvalue weighted by atomic mass is 10.1. The van der Waals surface area contributed by atoms with E-state index in [0.29, 0.717) is 5.56 Å². The van der Waals surface area contributed by atoms with Gasteiger partial charge in [-0.3, -0.25) is 14.5 Å². The Labute approximate surface area is 137 Å². The summed E-state index contributed by atoms with van der Waals surface area (Å²) in [5.74, 6) is -1.77. The van der Waals surface area contributed by atoms with E-state index in [4.69, 9.17) is 0 Å². The molecule has 0 aromatic heterocycles. The zero-order valence-corrected chi connectivity index (χ0v) is 12.5. The summed E-state index contributed by atoms with van der Waals surface area (Å²) in [6.07, 6.45) is 0. The maximum absolute atomic E-state index is 13.5. The van der Waals surface area contributed by atoms with Gasteiger partial charge in [0.2, 0.25) is 5.91 Å². The van der Waals surface area contributed by atoms with Gasteiger partial charge in [-0.1, -0.05) is 42.5 Å². The highest BCUT2D eigenvalue weighted by Crippen LogP contribution is 2.21. The lowest BCUT2D eigenvalue weighted by molar-refractivity contribution is -0.130. The predicted molar refractivity (Wildman–Crippen MR) is 84.5 cm³/mol. The zero-order valence-electron chi connectivity index (χ0n) is 12.5. The average molecular weight is 327 g/mol. The zero-order chi connectivity index (χ0) is 17.1. The Hall–Kier alpha value is -3.22. The van der Waals surface area contributed by atoms with E-state index in [-0.39, 0.29) is 5.69 Å². The standard InChI is InChI=1S/C17H14FN3O3/c18-12-8-4-5-9-13(12)19-14(22)10-21-16(23)15(20-17(21)24)11-6-2-1-3-7-11/h1-9,15H,10H2,(H,19,22)(H,20,24). The van der Waals surface area contributed by atoms with Gasteiger partial charge in [0, 0.05) is 0 Å². The molecule has 1 aliphatic rings. The van der Waals surface area contributed by atoms with Crippen LogP contribution in [0, 0.1) is 5.82 Å². The van der Waals surface area contributed by atoms with Gasteiger partial charge in [0.1, 0.15) is 18.4 Å². The quantitative estimate of drug-likeness (QED) is 0.844. The Balaban J connectivity index is 1.69. The topological polar surface area (TPSA) is 78.5 Å². The third-order valence-electron chi connectivity index (χ3n) is 3.61. The first-order valence-electron chi connectivity index (χ1n) is 7.27. The molecule has 3 rings (SSSR count). The van der Waals surface area contributed by atoms with Crippen molar-refractivity contribution in [2.45, 2.75) is 6.04 Å². The monoisotopic (exact) mass is 327 g/mol. The van der Waals surface area contributed by atoms with Gasteiger partial charge >= 0.3 is 6.03 Å². The molecule has 0 saturated carbocycles. The van der Waals surface area contributed by atoms with E-state index in [0.717, 1.165) is 4.90 Å². The molecule has 6 nitrogen and oxygen atoms in total. The molecular formula is C17H14FN3O3. The van der Waals surface area contributed by atoms with E-state index in [1.54, 1.807) is 36.4 Å². The van der Waals surface area contributed by atoms with Crippen molar-refractivity contribution in [2.75, 3.05) is 11.9 Å². The highest BCUT2D eigenvalue weighted by molar-refractivity contribution is 6.08. The number of para-hydroxylation sites is 1. The largest absolute Gasteiger partial charge is 0.325 e. The number of urea groups is 1. The molecule has 1 saturated heterocycles. The summed E-state index contributed by atoms with van der Waals surface area (Å²) < 4.78 is 13.5. The number of nitrogens with one attached hydrogen (secondary N) is 2. The second-order valence-corrected chi connectivity index (χ2v) is 5.25. The van der Waals surface area contributed by atoms with E-state index in [9.17, 15) is 18.8 Å². The molecule has 1 unspecified atom stereocenters. The first-order chi connectivity index (χ1) is 11.6. The van der Waals surface area contributed by atoms with Gasteiger partial charge in [0.25, 0.3) is 5.91 Å². The van der Waals surface area contributed by atoms with Crippen LogP contribution in [0.4, 0.5) is 14.9 Å². The molecule has 122 valence electrons. The Kier molecular flexibility index (Phi) is 4.24. The van der Waals surface area contributed by atoms with Crippen molar-refractivity contribution in [2.24, 2.45) is 0 Å². The van der Waals surface area contributed by atoms with Crippen molar-refractivity contribution in [1.82, 2.24) is 10.2 Å². The summed E-state index contributed by atoms with van der Waals surface area (Å²) in [5.41, 5.74) is 0.627. The summed E-state index contributed by atoms with van der Waals surface area (Å²) in [6.45, 7) is -0.484. The minimum Gasteiger partial charge on any atom is -0.322 e. The molecule has 0 spiro atoms. The number of nitrogens with zero attached hydrogens (tertiary/aromatic N) is 1. The Bertz CT molecular complexity index is 795. The highest BCUT2D eigenvalue weighted by Gasteiger charge is 2.39. The van der Waals surface area contributed by atoms with Crippen LogP contribution in [0.5, 0.6) is 0 Å². The minimum atomic E-state index is -0.819. The van der Waals surface area contributed by atoms with Crippen LogP contribution in [0.1, 0.15) is 11.6 Å². The number of benzene rings is 2. The van der Waals surface area contributed by atoms with Crippen LogP contribution in [-0.2, 0) is 9.59 Å².